The average molecular weight is 160 g/mol. The minimum Gasteiger partial charge on any atom is -0.468 e. The Bertz CT molecular complexity index is 137. The molecule has 0 rings (SSSR count). The quantitative estimate of drug-likeness (QED) is 0.393. The van der Waals surface area contributed by atoms with Crippen LogP contribution in [0.5, 0.6) is 0 Å². The summed E-state index contributed by atoms with van der Waals surface area (Å²) in [5, 5.41) is 8.38. The van der Waals surface area contributed by atoms with Gasteiger partial charge in [0.05, 0.1) is 13.7 Å². The topological polar surface area (TPSA) is 66.8 Å². The molecular formula is C6H10NO4. The van der Waals surface area contributed by atoms with Crippen molar-refractivity contribution in [2.45, 2.75) is 0 Å². The van der Waals surface area contributed by atoms with Crippen LogP contribution in [0.15, 0.2) is 0 Å². The van der Waals surface area contributed by atoms with Gasteiger partial charge in [0.2, 0.25) is 0 Å². The normalized spacial score (nSPS) is 8.91. The van der Waals surface area contributed by atoms with Crippen molar-refractivity contribution in [2.24, 2.45) is 0 Å². The molecule has 0 aromatic rings. The molecule has 63 valence electrons. The van der Waals surface area contributed by atoms with Crippen LogP contribution < -0.4 is 0 Å². The van der Waals surface area contributed by atoms with Gasteiger partial charge in [-0.15, -0.1) is 0 Å². The Morgan fingerprint density at radius 3 is 2.73 bits per heavy atom. The molecule has 0 saturated heterocycles. The molecule has 1 N–H and O–H groups in total. The summed E-state index contributed by atoms with van der Waals surface area (Å²) in [4.78, 5) is 21.6. The largest absolute Gasteiger partial charge is 0.468 e. The van der Waals surface area contributed by atoms with Crippen LogP contribution >= 0.6 is 0 Å². The summed E-state index contributed by atoms with van der Waals surface area (Å²) >= 11 is 0. The van der Waals surface area contributed by atoms with Crippen molar-refractivity contribution in [1.82, 2.24) is 4.90 Å². The summed E-state index contributed by atoms with van der Waals surface area (Å²) in [6, 6.07) is 0. The van der Waals surface area contributed by atoms with Gasteiger partial charge in [-0.05, 0) is 0 Å². The summed E-state index contributed by atoms with van der Waals surface area (Å²) in [6.07, 6.45) is 1.49. The van der Waals surface area contributed by atoms with E-state index in [0.29, 0.717) is 0 Å². The number of aliphatic hydroxyl groups excluding tert-OH is 1. The third-order valence-electron chi connectivity index (χ3n) is 1.05. The average Bonchev–Trinajstić information content (AvgIpc) is 2.03. The highest BCUT2D eigenvalue weighted by molar-refractivity contribution is 5.74. The lowest BCUT2D eigenvalue weighted by Gasteiger charge is -2.11. The zero-order valence-electron chi connectivity index (χ0n) is 6.24. The Kier molecular flexibility index (Phi) is 5.10. The number of carbonyl (C=O) groups excluding carboxylic acids is 2. The lowest BCUT2D eigenvalue weighted by Crippen LogP contribution is -2.31. The van der Waals surface area contributed by atoms with Gasteiger partial charge in [0, 0.05) is 6.54 Å². The van der Waals surface area contributed by atoms with E-state index in [1.54, 1.807) is 0 Å². The number of nitrogens with zero attached hydrogens (tertiary/aromatic N) is 1. The fourth-order valence-corrected chi connectivity index (χ4v) is 0.498. The molecule has 0 aromatic carbocycles. The Hall–Kier alpha value is -1.10. The Morgan fingerprint density at radius 2 is 2.36 bits per heavy atom. The number of esters is 1. The van der Waals surface area contributed by atoms with Gasteiger partial charge in [-0.3, -0.25) is 9.59 Å². The number of ether oxygens (including phenoxy) is 1. The molecule has 0 fully saturated rings. The predicted molar refractivity (Wildman–Crippen MR) is 36.4 cm³/mol. The standard InChI is InChI=1S/C6H10NO4/c1-11-6(10)4-7(5-9)2-3-8/h8H,2-4H2,1H3. The van der Waals surface area contributed by atoms with Crippen molar-refractivity contribution in [3.63, 3.8) is 0 Å². The number of amides is 1. The summed E-state index contributed by atoms with van der Waals surface area (Å²) in [6.45, 7) is -0.259. The van der Waals surface area contributed by atoms with Crippen molar-refractivity contribution in [3.8, 4) is 0 Å². The van der Waals surface area contributed by atoms with Gasteiger partial charge >= 0.3 is 12.4 Å². The summed E-state index contributed by atoms with van der Waals surface area (Å²) < 4.78 is 4.29. The van der Waals surface area contributed by atoms with E-state index in [1.165, 1.54) is 13.5 Å². The predicted octanol–water partition coefficient (Wildman–Crippen LogP) is -1.48. The van der Waals surface area contributed by atoms with Crippen LogP contribution in [0.25, 0.3) is 0 Å². The number of aliphatic hydroxyl groups is 1. The molecule has 0 spiro atoms. The van der Waals surface area contributed by atoms with E-state index < -0.39 is 5.97 Å². The van der Waals surface area contributed by atoms with E-state index in [1.807, 2.05) is 0 Å². The first kappa shape index (κ1) is 9.90. The fourth-order valence-electron chi connectivity index (χ4n) is 0.498. The number of carbonyl (C=O) groups is 1. The van der Waals surface area contributed by atoms with Crippen LogP contribution in [0.3, 0.4) is 0 Å². The first-order valence-electron chi connectivity index (χ1n) is 3.05. The van der Waals surface area contributed by atoms with E-state index in [9.17, 15) is 9.59 Å². The summed E-state index contributed by atoms with van der Waals surface area (Å²) in [5.41, 5.74) is 0. The van der Waals surface area contributed by atoms with Gasteiger partial charge < -0.3 is 14.7 Å². The molecule has 0 aliphatic carbocycles. The fraction of sp³-hybridized carbons (Fsp3) is 0.667. The molecule has 11 heavy (non-hydrogen) atoms. The zero-order chi connectivity index (χ0) is 8.69. The first-order valence-corrected chi connectivity index (χ1v) is 3.05. The lowest BCUT2D eigenvalue weighted by atomic mass is 10.5. The molecule has 0 aliphatic heterocycles. The van der Waals surface area contributed by atoms with Crippen LogP contribution in [0.1, 0.15) is 0 Å². The van der Waals surface area contributed by atoms with E-state index >= 15 is 0 Å². The maximum absolute atomic E-state index is 10.5. The van der Waals surface area contributed by atoms with E-state index in [0.717, 1.165) is 4.90 Å². The van der Waals surface area contributed by atoms with Crippen molar-refractivity contribution in [1.29, 1.82) is 0 Å². The molecule has 0 aliphatic rings. The molecule has 0 aromatic heterocycles. The molecular weight excluding hydrogens is 150 g/mol. The van der Waals surface area contributed by atoms with E-state index in [4.69, 9.17) is 5.11 Å². The number of methoxy groups -OCH3 is 1. The molecule has 5 nitrogen and oxygen atoms in total. The van der Waals surface area contributed by atoms with Gasteiger partial charge in [-0.2, -0.15) is 0 Å². The molecule has 1 radical (unpaired) electrons. The zero-order valence-corrected chi connectivity index (χ0v) is 6.24. The minimum atomic E-state index is -0.526. The maximum atomic E-state index is 10.5. The van der Waals surface area contributed by atoms with E-state index in [2.05, 4.69) is 4.74 Å². The highest BCUT2D eigenvalue weighted by Crippen LogP contribution is 1.83. The first-order chi connectivity index (χ1) is 5.24. The lowest BCUT2D eigenvalue weighted by molar-refractivity contribution is -0.141. The smallest absolute Gasteiger partial charge is 0.325 e. The molecule has 1 amide bonds. The van der Waals surface area contributed by atoms with Crippen LogP contribution in [0, 0.1) is 0 Å². The summed E-state index contributed by atoms with van der Waals surface area (Å²) in [7, 11) is 1.23. The molecule has 0 bridgehead atoms. The van der Waals surface area contributed by atoms with Crippen molar-refractivity contribution in [3.05, 3.63) is 0 Å². The summed E-state index contributed by atoms with van der Waals surface area (Å²) in [5.74, 6) is -0.526. The Morgan fingerprint density at radius 1 is 1.73 bits per heavy atom. The third-order valence-corrected chi connectivity index (χ3v) is 1.05. The van der Waals surface area contributed by atoms with Crippen LogP contribution in [-0.2, 0) is 14.3 Å². The highest BCUT2D eigenvalue weighted by atomic mass is 16.5. The number of hydrogen-bond donors (Lipinski definition) is 1. The van der Waals surface area contributed by atoms with Gasteiger partial charge in [0.25, 0.3) is 0 Å². The van der Waals surface area contributed by atoms with Crippen molar-refractivity contribution >= 4 is 12.4 Å². The monoisotopic (exact) mass is 160 g/mol. The van der Waals surface area contributed by atoms with Crippen LogP contribution in [0.2, 0.25) is 0 Å². The van der Waals surface area contributed by atoms with Gasteiger partial charge in [-0.1, -0.05) is 0 Å². The van der Waals surface area contributed by atoms with Gasteiger partial charge in [0.15, 0.2) is 0 Å². The maximum Gasteiger partial charge on any atom is 0.325 e. The number of rotatable bonds is 5. The van der Waals surface area contributed by atoms with Crippen molar-refractivity contribution < 1.29 is 19.4 Å². The van der Waals surface area contributed by atoms with Crippen molar-refractivity contribution in [2.75, 3.05) is 26.8 Å². The second kappa shape index (κ2) is 5.67. The Balaban J connectivity index is 3.67. The molecule has 0 saturated carbocycles. The van der Waals surface area contributed by atoms with E-state index in [-0.39, 0.29) is 19.7 Å². The highest BCUT2D eigenvalue weighted by Gasteiger charge is 2.07. The van der Waals surface area contributed by atoms with Gasteiger partial charge in [0.1, 0.15) is 6.54 Å². The SMILES string of the molecule is COC(=O)CN([C]=O)CCO. The second-order valence-electron chi connectivity index (χ2n) is 1.81. The molecule has 0 heterocycles. The molecule has 5 heteroatoms. The minimum absolute atomic E-state index is 0.0958. The molecule has 0 atom stereocenters. The molecule has 0 unspecified atom stereocenters. The van der Waals surface area contributed by atoms with Crippen LogP contribution in [0.4, 0.5) is 0 Å². The third kappa shape index (κ3) is 4.32. The Labute approximate surface area is 64.6 Å². The van der Waals surface area contributed by atoms with Crippen LogP contribution in [-0.4, -0.2) is 49.2 Å². The second-order valence-corrected chi connectivity index (χ2v) is 1.81. The van der Waals surface area contributed by atoms with Gasteiger partial charge in [-0.25, -0.2) is 0 Å². The number of hydrogen-bond acceptors (Lipinski definition) is 4.